The first kappa shape index (κ1) is 15.2. The monoisotopic (exact) mass is 344 g/mol. The number of nitrogens with one attached hydrogen (secondary N) is 1. The van der Waals surface area contributed by atoms with Crippen molar-refractivity contribution in [2.24, 2.45) is 0 Å². The number of rotatable bonds is 0. The number of pyridine rings is 1. The smallest absolute Gasteiger partial charge is 0.331 e. The van der Waals surface area contributed by atoms with Gasteiger partial charge in [-0.25, -0.2) is 4.98 Å². The second kappa shape index (κ2) is 5.35. The Morgan fingerprint density at radius 2 is 1.92 bits per heavy atom. The van der Waals surface area contributed by atoms with Gasteiger partial charge < -0.3 is 14.2 Å². The molecule has 7 heteroatoms. The fraction of sp³-hybridized carbons (Fsp3) is 0.412. The number of hydrogen-bond acceptors (Lipinski definition) is 6. The molecule has 1 aromatic rings. The second-order valence-corrected chi connectivity index (χ2v) is 7.41. The van der Waals surface area contributed by atoms with E-state index in [1.165, 1.54) is 0 Å². The van der Waals surface area contributed by atoms with Crippen molar-refractivity contribution in [3.8, 4) is 11.8 Å². The molecule has 24 heavy (non-hydrogen) atoms. The summed E-state index contributed by atoms with van der Waals surface area (Å²) >= 11 is 1.92. The highest BCUT2D eigenvalue weighted by Crippen LogP contribution is 2.54. The summed E-state index contributed by atoms with van der Waals surface area (Å²) in [5, 5.41) is 9.30. The molecule has 3 N–H and O–H groups in total. The lowest BCUT2D eigenvalue weighted by atomic mass is 9.72. The van der Waals surface area contributed by atoms with E-state index in [2.05, 4.69) is 11.1 Å². The van der Waals surface area contributed by atoms with Gasteiger partial charge in [-0.15, -0.1) is 0 Å². The number of thioether (sulfide) groups is 1. The molecule has 0 unspecified atom stereocenters. The zero-order valence-electron chi connectivity index (χ0n) is 13.6. The zero-order valence-corrected chi connectivity index (χ0v) is 14.4. The molecule has 1 saturated heterocycles. The van der Waals surface area contributed by atoms with Crippen molar-refractivity contribution in [1.82, 2.24) is 0 Å². The number of nitriles is 1. The van der Waals surface area contributed by atoms with Crippen LogP contribution < -0.4 is 15.5 Å². The summed E-state index contributed by atoms with van der Waals surface area (Å²) < 4.78 is 17.9. The quantitative estimate of drug-likeness (QED) is 0.778. The van der Waals surface area contributed by atoms with Crippen LogP contribution in [0.15, 0.2) is 29.3 Å². The van der Waals surface area contributed by atoms with E-state index in [1.54, 1.807) is 0 Å². The number of fused-ring (bicyclic) bond motifs is 3. The van der Waals surface area contributed by atoms with Crippen LogP contribution >= 0.6 is 11.8 Å². The number of aromatic nitrogens is 1. The highest BCUT2D eigenvalue weighted by molar-refractivity contribution is 7.99. The first-order valence-corrected chi connectivity index (χ1v) is 9.00. The summed E-state index contributed by atoms with van der Waals surface area (Å²) in [4.78, 5) is 2.88. The Morgan fingerprint density at radius 3 is 2.62 bits per heavy atom. The Balaban J connectivity index is 1.94. The van der Waals surface area contributed by atoms with Crippen molar-refractivity contribution < 1.29 is 19.2 Å². The molecule has 3 aliphatic heterocycles. The molecule has 0 aliphatic carbocycles. The number of anilines is 1. The molecule has 0 amide bonds. The third-order valence-corrected chi connectivity index (χ3v) is 5.83. The van der Waals surface area contributed by atoms with Gasteiger partial charge in [0.1, 0.15) is 17.6 Å². The van der Waals surface area contributed by atoms with Crippen LogP contribution in [0.5, 0.6) is 5.75 Å². The van der Waals surface area contributed by atoms with Gasteiger partial charge in [-0.2, -0.15) is 17.0 Å². The minimum Gasteiger partial charge on any atom is -0.454 e. The van der Waals surface area contributed by atoms with Crippen molar-refractivity contribution in [2.75, 3.05) is 17.2 Å². The van der Waals surface area contributed by atoms with Crippen LogP contribution in [0.2, 0.25) is 0 Å². The lowest BCUT2D eigenvalue weighted by Gasteiger charge is -2.43. The largest absolute Gasteiger partial charge is 0.454 e. The van der Waals surface area contributed by atoms with Crippen LogP contribution in [0, 0.1) is 11.3 Å². The van der Waals surface area contributed by atoms with Crippen molar-refractivity contribution in [3.05, 3.63) is 40.5 Å². The maximum atomic E-state index is 9.30. The highest BCUT2D eigenvalue weighted by atomic mass is 32.2. The summed E-state index contributed by atoms with van der Waals surface area (Å²) in [7, 11) is 0. The summed E-state index contributed by atoms with van der Waals surface area (Å²) in [6, 6.07) is 3.96. The fourth-order valence-electron chi connectivity index (χ4n) is 3.43. The van der Waals surface area contributed by atoms with E-state index in [4.69, 9.17) is 19.9 Å². The van der Waals surface area contributed by atoms with Gasteiger partial charge in [0.25, 0.3) is 0 Å². The number of nitrogens with zero attached hydrogens (tertiary/aromatic N) is 1. The summed E-state index contributed by atoms with van der Waals surface area (Å²) in [5.41, 5.74) is 7.07. The summed E-state index contributed by atoms with van der Waals surface area (Å²) in [6.45, 7) is 3.73. The SMILES string of the molecule is CC1=C(C)OC2=C(O1)Oc1c(cc(C#N)[nH+]c1N)C21CCSCC1. The van der Waals surface area contributed by atoms with Crippen LogP contribution in [0.3, 0.4) is 0 Å². The van der Waals surface area contributed by atoms with Gasteiger partial charge in [0.2, 0.25) is 11.4 Å². The molecule has 124 valence electrons. The normalized spacial score (nSPS) is 21.2. The molecule has 0 aromatic carbocycles. The van der Waals surface area contributed by atoms with E-state index in [9.17, 15) is 5.26 Å². The highest BCUT2D eigenvalue weighted by Gasteiger charge is 2.51. The molecule has 6 nitrogen and oxygen atoms in total. The molecule has 4 heterocycles. The lowest BCUT2D eigenvalue weighted by molar-refractivity contribution is -0.365. The number of nitrogen functional groups attached to an aromatic ring is 1. The lowest BCUT2D eigenvalue weighted by Crippen LogP contribution is -2.41. The first-order valence-electron chi connectivity index (χ1n) is 7.85. The third-order valence-electron chi connectivity index (χ3n) is 4.84. The molecule has 1 fully saturated rings. The Hall–Kier alpha value is -2.33. The number of H-pyrrole nitrogens is 1. The van der Waals surface area contributed by atoms with Crippen molar-refractivity contribution in [2.45, 2.75) is 32.1 Å². The van der Waals surface area contributed by atoms with E-state index in [1.807, 2.05) is 31.7 Å². The van der Waals surface area contributed by atoms with Gasteiger partial charge in [-0.1, -0.05) is 0 Å². The molecule has 0 bridgehead atoms. The van der Waals surface area contributed by atoms with E-state index >= 15 is 0 Å². The average molecular weight is 344 g/mol. The molecule has 0 atom stereocenters. The van der Waals surface area contributed by atoms with Crippen LogP contribution in [-0.2, 0) is 14.9 Å². The Kier molecular flexibility index (Phi) is 3.39. The van der Waals surface area contributed by atoms with Gasteiger partial charge in [-0.05, 0) is 38.2 Å². The van der Waals surface area contributed by atoms with E-state index in [0.29, 0.717) is 34.7 Å². The molecule has 0 radical (unpaired) electrons. The van der Waals surface area contributed by atoms with Crippen LogP contribution in [0.25, 0.3) is 0 Å². The molecular formula is C17H18N3O3S+. The molecule has 0 saturated carbocycles. The van der Waals surface area contributed by atoms with Crippen LogP contribution in [0.1, 0.15) is 37.9 Å². The maximum absolute atomic E-state index is 9.30. The molecule has 4 rings (SSSR count). The van der Waals surface area contributed by atoms with Crippen molar-refractivity contribution in [3.63, 3.8) is 0 Å². The summed E-state index contributed by atoms with van der Waals surface area (Å²) in [6.07, 6.45) is 1.77. The van der Waals surface area contributed by atoms with Crippen molar-refractivity contribution >= 4 is 17.6 Å². The van der Waals surface area contributed by atoms with E-state index in [-0.39, 0.29) is 5.41 Å². The Bertz CT molecular complexity index is 832. The van der Waals surface area contributed by atoms with Crippen LogP contribution in [-0.4, -0.2) is 11.5 Å². The molecule has 3 aliphatic rings. The second-order valence-electron chi connectivity index (χ2n) is 6.18. The number of nitrogens with two attached hydrogens (primary N) is 1. The molecule has 1 spiro atoms. The molecule has 1 aromatic heterocycles. The zero-order chi connectivity index (χ0) is 16.9. The predicted molar refractivity (Wildman–Crippen MR) is 88.6 cm³/mol. The van der Waals surface area contributed by atoms with Crippen molar-refractivity contribution in [1.29, 1.82) is 5.26 Å². The Labute approximate surface area is 144 Å². The first-order chi connectivity index (χ1) is 11.5. The number of hydrogen-bond donors (Lipinski definition) is 1. The number of allylic oxidation sites excluding steroid dienone is 3. The predicted octanol–water partition coefficient (Wildman–Crippen LogP) is 2.58. The number of aromatic amines is 1. The minimum atomic E-state index is -0.370. The average Bonchev–Trinajstić information content (AvgIpc) is 2.59. The van der Waals surface area contributed by atoms with Gasteiger partial charge in [-0.3, -0.25) is 5.73 Å². The maximum Gasteiger partial charge on any atom is 0.331 e. The van der Waals surface area contributed by atoms with E-state index in [0.717, 1.165) is 35.7 Å². The van der Waals surface area contributed by atoms with Gasteiger partial charge in [0.15, 0.2) is 5.76 Å². The summed E-state index contributed by atoms with van der Waals surface area (Å²) in [5.74, 6) is 5.35. The van der Waals surface area contributed by atoms with Gasteiger partial charge in [0.05, 0.1) is 5.41 Å². The molecular weight excluding hydrogens is 326 g/mol. The Morgan fingerprint density at radius 1 is 1.21 bits per heavy atom. The standard InChI is InChI=1S/C17H17N3O3S/c1-9-10(2)22-16-14(21-9)17(3-5-24-6-4-17)12-7-11(8-18)20-15(19)13(12)23-16/h7H,3-6H2,1-2H3,(H2,19,20)/p+1. The third kappa shape index (κ3) is 2.06. The fourth-order valence-corrected chi connectivity index (χ4v) is 4.62. The topological polar surface area (TPSA) is 91.6 Å². The minimum absolute atomic E-state index is 0.334. The van der Waals surface area contributed by atoms with Crippen LogP contribution in [0.4, 0.5) is 5.82 Å². The van der Waals surface area contributed by atoms with E-state index < -0.39 is 0 Å². The van der Waals surface area contributed by atoms with Gasteiger partial charge in [0, 0.05) is 11.6 Å². The number of ether oxygens (including phenoxy) is 3. The van der Waals surface area contributed by atoms with Gasteiger partial charge >= 0.3 is 11.8 Å².